The van der Waals surface area contributed by atoms with Gasteiger partial charge >= 0.3 is 0 Å². The van der Waals surface area contributed by atoms with E-state index in [0.29, 0.717) is 5.39 Å². The molecule has 0 atom stereocenters. The monoisotopic (exact) mass is 356 g/mol. The SMILES string of the molecule is CCc1ccc(-n2c(SCCSC)nc3ccccc3c2=O)cc1. The van der Waals surface area contributed by atoms with Crippen LogP contribution in [0.25, 0.3) is 16.6 Å². The molecule has 0 aliphatic rings. The molecule has 0 fully saturated rings. The molecule has 0 spiro atoms. The zero-order valence-corrected chi connectivity index (χ0v) is 15.5. The molecule has 0 saturated carbocycles. The van der Waals surface area contributed by atoms with E-state index in [9.17, 15) is 4.79 Å². The van der Waals surface area contributed by atoms with Crippen molar-refractivity contribution in [2.45, 2.75) is 18.5 Å². The second-order valence-electron chi connectivity index (χ2n) is 5.41. The maximum atomic E-state index is 13.0. The Morgan fingerprint density at radius 3 is 2.50 bits per heavy atom. The highest BCUT2D eigenvalue weighted by molar-refractivity contribution is 8.02. The second-order valence-corrected chi connectivity index (χ2v) is 7.46. The maximum Gasteiger partial charge on any atom is 0.266 e. The summed E-state index contributed by atoms with van der Waals surface area (Å²) in [4.78, 5) is 17.8. The van der Waals surface area contributed by atoms with Gasteiger partial charge in [-0.25, -0.2) is 4.98 Å². The average Bonchev–Trinajstić information content (AvgIpc) is 2.62. The molecule has 24 heavy (non-hydrogen) atoms. The van der Waals surface area contributed by atoms with E-state index in [1.807, 2.05) is 36.4 Å². The smallest absolute Gasteiger partial charge is 0.266 e. The van der Waals surface area contributed by atoms with Crippen molar-refractivity contribution in [1.29, 1.82) is 0 Å². The van der Waals surface area contributed by atoms with Crippen LogP contribution in [0.15, 0.2) is 58.5 Å². The second kappa shape index (κ2) is 7.90. The van der Waals surface area contributed by atoms with Crippen molar-refractivity contribution in [3.63, 3.8) is 0 Å². The van der Waals surface area contributed by atoms with Crippen LogP contribution in [0.1, 0.15) is 12.5 Å². The lowest BCUT2D eigenvalue weighted by Gasteiger charge is -2.13. The highest BCUT2D eigenvalue weighted by atomic mass is 32.2. The van der Waals surface area contributed by atoms with Crippen LogP contribution in [0.5, 0.6) is 0 Å². The van der Waals surface area contributed by atoms with E-state index >= 15 is 0 Å². The highest BCUT2D eigenvalue weighted by Gasteiger charge is 2.13. The first-order valence-corrected chi connectivity index (χ1v) is 10.4. The van der Waals surface area contributed by atoms with Crippen LogP contribution in [0, 0.1) is 0 Å². The fourth-order valence-electron chi connectivity index (χ4n) is 2.53. The Bertz CT molecular complexity index is 888. The third-order valence-electron chi connectivity index (χ3n) is 3.87. The third kappa shape index (κ3) is 3.52. The summed E-state index contributed by atoms with van der Waals surface area (Å²) in [5.74, 6) is 1.96. The number of thioether (sulfide) groups is 2. The minimum atomic E-state index is -0.00324. The van der Waals surface area contributed by atoms with Crippen molar-refractivity contribution in [1.82, 2.24) is 9.55 Å². The van der Waals surface area contributed by atoms with Gasteiger partial charge in [0.2, 0.25) is 0 Å². The predicted molar refractivity (Wildman–Crippen MR) is 106 cm³/mol. The van der Waals surface area contributed by atoms with Gasteiger partial charge in [-0.1, -0.05) is 43.0 Å². The zero-order valence-electron chi connectivity index (χ0n) is 13.9. The lowest BCUT2D eigenvalue weighted by atomic mass is 10.1. The third-order valence-corrected chi connectivity index (χ3v) is 5.68. The van der Waals surface area contributed by atoms with E-state index in [1.165, 1.54) is 5.56 Å². The first-order valence-electron chi connectivity index (χ1n) is 7.97. The van der Waals surface area contributed by atoms with Crippen LogP contribution >= 0.6 is 23.5 Å². The Kier molecular flexibility index (Phi) is 5.63. The summed E-state index contributed by atoms with van der Waals surface area (Å²) in [5.41, 5.74) is 2.89. The lowest BCUT2D eigenvalue weighted by molar-refractivity contribution is 0.819. The molecule has 1 aromatic heterocycles. The molecule has 0 bridgehead atoms. The summed E-state index contributed by atoms with van der Waals surface area (Å²) in [6.45, 7) is 2.13. The lowest BCUT2D eigenvalue weighted by Crippen LogP contribution is -2.22. The molecule has 0 radical (unpaired) electrons. The summed E-state index contributed by atoms with van der Waals surface area (Å²) >= 11 is 3.44. The minimum Gasteiger partial charge on any atom is -0.268 e. The fourth-order valence-corrected chi connectivity index (χ4v) is 4.20. The van der Waals surface area contributed by atoms with Crippen LogP contribution in [0.4, 0.5) is 0 Å². The first kappa shape index (κ1) is 17.1. The van der Waals surface area contributed by atoms with Gasteiger partial charge in [-0.05, 0) is 42.5 Å². The quantitative estimate of drug-likeness (QED) is 0.372. The van der Waals surface area contributed by atoms with Gasteiger partial charge in [0.1, 0.15) is 0 Å². The standard InChI is InChI=1S/C19H20N2OS2/c1-3-14-8-10-15(11-9-14)21-18(22)16-6-4-5-7-17(16)20-19(21)24-13-12-23-2/h4-11H,3,12-13H2,1-2H3. The van der Waals surface area contributed by atoms with Crippen LogP contribution in [0.2, 0.25) is 0 Å². The molecule has 124 valence electrons. The summed E-state index contributed by atoms with van der Waals surface area (Å²) in [5, 5.41) is 1.42. The molecule has 0 saturated heterocycles. The molecular formula is C19H20N2OS2. The van der Waals surface area contributed by atoms with Crippen molar-refractivity contribution in [2.75, 3.05) is 17.8 Å². The predicted octanol–water partition coefficient (Wildman–Crippen LogP) is 4.40. The normalized spacial score (nSPS) is 11.1. The number of aryl methyl sites for hydroxylation is 1. The Morgan fingerprint density at radius 1 is 1.04 bits per heavy atom. The van der Waals surface area contributed by atoms with E-state index in [1.54, 1.807) is 28.1 Å². The maximum absolute atomic E-state index is 13.0. The van der Waals surface area contributed by atoms with Gasteiger partial charge < -0.3 is 0 Å². The number of hydrogen-bond donors (Lipinski definition) is 0. The van der Waals surface area contributed by atoms with E-state index < -0.39 is 0 Å². The Labute approximate surface area is 150 Å². The van der Waals surface area contributed by atoms with E-state index in [0.717, 1.165) is 34.3 Å². The van der Waals surface area contributed by atoms with Crippen molar-refractivity contribution in [3.8, 4) is 5.69 Å². The molecule has 5 heteroatoms. The molecule has 0 N–H and O–H groups in total. The van der Waals surface area contributed by atoms with Crippen LogP contribution < -0.4 is 5.56 Å². The van der Waals surface area contributed by atoms with Crippen LogP contribution in [0.3, 0.4) is 0 Å². The number of benzene rings is 2. The molecule has 1 heterocycles. The zero-order chi connectivity index (χ0) is 16.9. The van der Waals surface area contributed by atoms with Crippen molar-refractivity contribution in [3.05, 3.63) is 64.4 Å². The number of nitrogens with zero attached hydrogens (tertiary/aromatic N) is 2. The summed E-state index contributed by atoms with van der Waals surface area (Å²) in [7, 11) is 0. The van der Waals surface area contributed by atoms with Gasteiger partial charge in [0.05, 0.1) is 16.6 Å². The van der Waals surface area contributed by atoms with Gasteiger partial charge in [0.15, 0.2) is 5.16 Å². The molecule has 0 unspecified atom stereocenters. The number of hydrogen-bond acceptors (Lipinski definition) is 4. The van der Waals surface area contributed by atoms with Crippen molar-refractivity contribution in [2.24, 2.45) is 0 Å². The summed E-state index contributed by atoms with van der Waals surface area (Å²) in [6.07, 6.45) is 3.07. The van der Waals surface area contributed by atoms with E-state index in [-0.39, 0.29) is 5.56 Å². The fraction of sp³-hybridized carbons (Fsp3) is 0.263. The summed E-state index contributed by atoms with van der Waals surface area (Å²) in [6, 6.07) is 15.7. The van der Waals surface area contributed by atoms with Crippen LogP contribution in [-0.4, -0.2) is 27.3 Å². The molecule has 2 aromatic carbocycles. The Hall–Kier alpha value is -1.72. The van der Waals surface area contributed by atoms with Gasteiger partial charge in [0.25, 0.3) is 5.56 Å². The van der Waals surface area contributed by atoms with Gasteiger partial charge in [-0.3, -0.25) is 9.36 Å². The number of rotatable bonds is 6. The molecule has 0 aliphatic heterocycles. The largest absolute Gasteiger partial charge is 0.268 e. The molecular weight excluding hydrogens is 336 g/mol. The van der Waals surface area contributed by atoms with E-state index in [2.05, 4.69) is 25.3 Å². The van der Waals surface area contributed by atoms with Gasteiger partial charge in [-0.15, -0.1) is 0 Å². The molecule has 3 aromatic rings. The summed E-state index contributed by atoms with van der Waals surface area (Å²) < 4.78 is 1.74. The topological polar surface area (TPSA) is 34.9 Å². The average molecular weight is 357 g/mol. The van der Waals surface area contributed by atoms with Crippen molar-refractivity contribution < 1.29 is 0 Å². The highest BCUT2D eigenvalue weighted by Crippen LogP contribution is 2.22. The van der Waals surface area contributed by atoms with Gasteiger partial charge in [-0.2, -0.15) is 11.8 Å². The number of para-hydroxylation sites is 1. The number of aromatic nitrogens is 2. The van der Waals surface area contributed by atoms with E-state index in [4.69, 9.17) is 4.98 Å². The molecule has 3 rings (SSSR count). The minimum absolute atomic E-state index is 0.00324. The first-order chi connectivity index (χ1) is 11.7. The van der Waals surface area contributed by atoms with Crippen molar-refractivity contribution >= 4 is 34.4 Å². The molecule has 0 aliphatic carbocycles. The Balaban J connectivity index is 2.16. The Morgan fingerprint density at radius 2 is 1.79 bits per heavy atom. The molecule has 3 nitrogen and oxygen atoms in total. The number of fused-ring (bicyclic) bond motifs is 1. The van der Waals surface area contributed by atoms with Gasteiger partial charge in [0, 0.05) is 11.5 Å². The molecule has 0 amide bonds. The van der Waals surface area contributed by atoms with Crippen LogP contribution in [-0.2, 0) is 6.42 Å².